The number of carbonyl (C=O) groups is 1. The minimum Gasteiger partial charge on any atom is -0.508 e. The quantitative estimate of drug-likeness (QED) is 0.797. The zero-order valence-electron chi connectivity index (χ0n) is 13.6. The van der Waals surface area contributed by atoms with Gasteiger partial charge in [-0.3, -0.25) is 4.79 Å². The van der Waals surface area contributed by atoms with Crippen molar-refractivity contribution >= 4 is 28.5 Å². The van der Waals surface area contributed by atoms with Gasteiger partial charge in [0.25, 0.3) is 0 Å². The second-order valence-corrected chi connectivity index (χ2v) is 6.90. The monoisotopic (exact) mass is 365 g/mol. The summed E-state index contributed by atoms with van der Waals surface area (Å²) in [5, 5.41) is 19.0. The number of para-hydroxylation sites is 1. The van der Waals surface area contributed by atoms with Crippen LogP contribution in [-0.2, 0) is 0 Å². The summed E-state index contributed by atoms with van der Waals surface area (Å²) in [5.74, 6) is 0.484. The normalized spacial score (nSPS) is 22.3. The van der Waals surface area contributed by atoms with Crippen LogP contribution >= 0.6 is 11.8 Å². The summed E-state index contributed by atoms with van der Waals surface area (Å²) in [6, 6.07) is 16.5. The van der Waals surface area contributed by atoms with Gasteiger partial charge in [0.1, 0.15) is 5.75 Å². The molecule has 2 atom stereocenters. The van der Waals surface area contributed by atoms with E-state index in [0.29, 0.717) is 17.8 Å². The molecule has 2 aliphatic rings. The van der Waals surface area contributed by atoms with Gasteiger partial charge in [-0.25, -0.2) is 10.5 Å². The standard InChI is InChI=1S/C18H15N5O2S/c19-21-17-16(20-18(25)26-17)23-14(12-8-4-5-9-15(12)24)10-13(22-23)11-6-2-1-3-7-11/h1-9,14,17,19,24H,10H2. The Morgan fingerprint density at radius 2 is 1.88 bits per heavy atom. The highest BCUT2D eigenvalue weighted by Gasteiger charge is 2.40. The number of nitrogens with one attached hydrogen (secondary N) is 1. The van der Waals surface area contributed by atoms with Crippen LogP contribution < -0.4 is 0 Å². The molecule has 26 heavy (non-hydrogen) atoms. The lowest BCUT2D eigenvalue weighted by Crippen LogP contribution is -2.31. The van der Waals surface area contributed by atoms with Gasteiger partial charge >= 0.3 is 5.24 Å². The Morgan fingerprint density at radius 1 is 1.15 bits per heavy atom. The average molecular weight is 365 g/mol. The molecule has 0 radical (unpaired) electrons. The van der Waals surface area contributed by atoms with Gasteiger partial charge in [-0.15, -0.1) is 0 Å². The van der Waals surface area contributed by atoms with Crippen LogP contribution in [0, 0.1) is 5.53 Å². The smallest absolute Gasteiger partial charge is 0.309 e. The number of aliphatic imine (C=N–C) groups is 1. The Labute approximate surface area is 154 Å². The van der Waals surface area contributed by atoms with E-state index in [9.17, 15) is 9.90 Å². The van der Waals surface area contributed by atoms with E-state index in [4.69, 9.17) is 5.53 Å². The summed E-state index contributed by atoms with van der Waals surface area (Å²) in [6.45, 7) is 0. The number of amides is 1. The summed E-state index contributed by atoms with van der Waals surface area (Å²) < 4.78 is 0. The second kappa shape index (κ2) is 6.72. The fourth-order valence-electron chi connectivity index (χ4n) is 3.11. The average Bonchev–Trinajstić information content (AvgIpc) is 3.26. The Kier molecular flexibility index (Phi) is 4.26. The van der Waals surface area contributed by atoms with E-state index in [1.807, 2.05) is 42.5 Å². The highest BCUT2D eigenvalue weighted by Crippen LogP contribution is 2.40. The van der Waals surface area contributed by atoms with Crippen molar-refractivity contribution in [3.05, 3.63) is 65.7 Å². The zero-order valence-corrected chi connectivity index (χ0v) is 14.4. The lowest BCUT2D eigenvalue weighted by molar-refractivity contribution is 0.267. The Balaban J connectivity index is 1.79. The van der Waals surface area contributed by atoms with Crippen LogP contribution in [0.2, 0.25) is 0 Å². The number of hydrazone groups is 1. The van der Waals surface area contributed by atoms with Crippen molar-refractivity contribution in [3.63, 3.8) is 0 Å². The largest absolute Gasteiger partial charge is 0.508 e. The fraction of sp³-hybridized carbons (Fsp3) is 0.167. The first kappa shape index (κ1) is 16.5. The molecule has 2 aromatic carbocycles. The summed E-state index contributed by atoms with van der Waals surface area (Å²) in [6.07, 6.45) is 0.546. The Morgan fingerprint density at radius 3 is 2.62 bits per heavy atom. The minimum atomic E-state index is -0.713. The molecule has 7 nitrogen and oxygen atoms in total. The maximum Gasteiger partial charge on any atom is 0.309 e. The van der Waals surface area contributed by atoms with E-state index in [1.54, 1.807) is 17.1 Å². The van der Waals surface area contributed by atoms with Gasteiger partial charge in [0, 0.05) is 12.0 Å². The number of benzene rings is 2. The summed E-state index contributed by atoms with van der Waals surface area (Å²) in [5.41, 5.74) is 9.84. The molecule has 8 heteroatoms. The highest BCUT2D eigenvalue weighted by molar-refractivity contribution is 8.15. The Bertz CT molecular complexity index is 928. The molecule has 0 fully saturated rings. The molecule has 2 aliphatic heterocycles. The molecule has 2 unspecified atom stereocenters. The van der Waals surface area contributed by atoms with Crippen molar-refractivity contribution in [2.45, 2.75) is 17.8 Å². The van der Waals surface area contributed by atoms with Crippen molar-refractivity contribution < 1.29 is 9.90 Å². The van der Waals surface area contributed by atoms with Crippen LogP contribution in [0.25, 0.3) is 0 Å². The van der Waals surface area contributed by atoms with E-state index >= 15 is 0 Å². The molecule has 2 aromatic rings. The number of phenols is 1. The van der Waals surface area contributed by atoms with Gasteiger partial charge in [-0.05, 0) is 23.4 Å². The summed E-state index contributed by atoms with van der Waals surface area (Å²) in [7, 11) is 0. The minimum absolute atomic E-state index is 0.156. The van der Waals surface area contributed by atoms with Crippen LogP contribution in [0.15, 0.2) is 69.8 Å². The first-order valence-electron chi connectivity index (χ1n) is 8.03. The maximum absolute atomic E-state index is 11.7. The number of hydrogen-bond acceptors (Lipinski definition) is 7. The molecule has 0 bridgehead atoms. The molecule has 0 saturated heterocycles. The van der Waals surface area contributed by atoms with Gasteiger partial charge in [-0.1, -0.05) is 48.5 Å². The lowest BCUT2D eigenvalue weighted by Gasteiger charge is -2.25. The SMILES string of the molecule is N=NC1SC(=O)N=C1N1N=C(c2ccccc2)CC1c1ccccc1O. The third-order valence-corrected chi connectivity index (χ3v) is 5.14. The zero-order chi connectivity index (χ0) is 18.1. The number of aromatic hydroxyl groups is 1. The molecule has 2 N–H and O–H groups in total. The van der Waals surface area contributed by atoms with E-state index < -0.39 is 5.37 Å². The third kappa shape index (κ3) is 2.88. The van der Waals surface area contributed by atoms with Crippen molar-refractivity contribution in [3.8, 4) is 5.75 Å². The third-order valence-electron chi connectivity index (χ3n) is 4.30. The molecule has 4 rings (SSSR count). The number of amidine groups is 1. The van der Waals surface area contributed by atoms with Crippen molar-refractivity contribution in [2.24, 2.45) is 15.2 Å². The fourth-order valence-corrected chi connectivity index (χ4v) is 3.77. The predicted octanol–water partition coefficient (Wildman–Crippen LogP) is 4.17. The first-order valence-corrected chi connectivity index (χ1v) is 8.91. The molecule has 0 aromatic heterocycles. The van der Waals surface area contributed by atoms with Crippen LogP contribution in [0.3, 0.4) is 0 Å². The molecule has 0 saturated carbocycles. The van der Waals surface area contributed by atoms with Crippen molar-refractivity contribution in [1.29, 1.82) is 5.53 Å². The van der Waals surface area contributed by atoms with Crippen molar-refractivity contribution in [2.75, 3.05) is 0 Å². The number of thioether (sulfide) groups is 1. The van der Waals surface area contributed by atoms with Gasteiger partial charge < -0.3 is 5.11 Å². The van der Waals surface area contributed by atoms with Crippen molar-refractivity contribution in [1.82, 2.24) is 5.01 Å². The maximum atomic E-state index is 11.7. The molecule has 0 aliphatic carbocycles. The Hall–Kier alpha value is -3.00. The van der Waals surface area contributed by atoms with E-state index in [2.05, 4.69) is 15.2 Å². The molecular weight excluding hydrogens is 350 g/mol. The predicted molar refractivity (Wildman–Crippen MR) is 99.6 cm³/mol. The van der Waals surface area contributed by atoms with Gasteiger partial charge in [0.2, 0.25) is 0 Å². The molecular formula is C18H15N5O2S. The van der Waals surface area contributed by atoms with Crippen LogP contribution in [0.5, 0.6) is 5.75 Å². The van der Waals surface area contributed by atoms with Gasteiger partial charge in [0.15, 0.2) is 11.2 Å². The topological polar surface area (TPSA) is 101 Å². The van der Waals surface area contributed by atoms with Crippen LogP contribution in [-0.4, -0.2) is 32.3 Å². The number of nitrogens with zero attached hydrogens (tertiary/aromatic N) is 4. The lowest BCUT2D eigenvalue weighted by atomic mass is 9.97. The van der Waals surface area contributed by atoms with Crippen LogP contribution in [0.4, 0.5) is 4.79 Å². The number of rotatable bonds is 3. The molecule has 2 heterocycles. The molecule has 0 spiro atoms. The summed E-state index contributed by atoms with van der Waals surface area (Å²) >= 11 is 0.889. The van der Waals surface area contributed by atoms with Gasteiger partial charge in [-0.2, -0.15) is 15.2 Å². The number of phenolic OH excluding ortho intramolecular Hbond substituents is 1. The molecule has 1 amide bonds. The number of carbonyl (C=O) groups excluding carboxylic acids is 1. The number of hydrogen-bond donors (Lipinski definition) is 2. The van der Waals surface area contributed by atoms with E-state index in [-0.39, 0.29) is 17.0 Å². The first-order chi connectivity index (χ1) is 12.7. The second-order valence-electron chi connectivity index (χ2n) is 5.87. The van der Waals surface area contributed by atoms with E-state index in [0.717, 1.165) is 23.0 Å². The van der Waals surface area contributed by atoms with Gasteiger partial charge in [0.05, 0.1) is 11.8 Å². The summed E-state index contributed by atoms with van der Waals surface area (Å²) in [4.78, 5) is 15.8. The van der Waals surface area contributed by atoms with Crippen LogP contribution in [0.1, 0.15) is 23.6 Å². The van der Waals surface area contributed by atoms with E-state index in [1.165, 1.54) is 0 Å². The highest BCUT2D eigenvalue weighted by atomic mass is 32.2. The molecule has 130 valence electrons.